The van der Waals surface area contributed by atoms with Gasteiger partial charge in [0, 0.05) is 32.5 Å². The standard InChI is InChI=1S/C53H35N2OP/c56-57(43-18-8-3-9-19-43)51-23-13-11-21-45(51)47-33-32-46-44-20-10-12-22-50(44)55(52(46)53(47)57)42-34-48(40-28-24-38(25-29-40)36-14-4-1-5-15-36)54-49(35-42)41-30-26-39(27-31-41)37-16-6-2-7-17-37/h1-35H. The Bertz CT molecular complexity index is 3070. The number of benzene rings is 8. The van der Waals surface area contributed by atoms with Gasteiger partial charge in [-0.15, -0.1) is 0 Å². The smallest absolute Gasteiger partial charge is 0.174 e. The van der Waals surface area contributed by atoms with Crippen molar-refractivity contribution in [3.8, 4) is 61.6 Å². The largest absolute Gasteiger partial charge is 0.309 e. The molecule has 0 amide bonds. The van der Waals surface area contributed by atoms with Gasteiger partial charge in [-0.25, -0.2) is 4.98 Å². The van der Waals surface area contributed by atoms with E-state index < -0.39 is 7.14 Å². The minimum Gasteiger partial charge on any atom is -0.309 e. The monoisotopic (exact) mass is 746 g/mol. The summed E-state index contributed by atoms with van der Waals surface area (Å²) in [7, 11) is -3.30. The first-order valence-corrected chi connectivity index (χ1v) is 21.0. The number of para-hydroxylation sites is 1. The predicted octanol–water partition coefficient (Wildman–Crippen LogP) is 12.5. The highest BCUT2D eigenvalue weighted by molar-refractivity contribution is 7.86. The minimum atomic E-state index is -3.30. The maximum Gasteiger partial charge on any atom is 0.174 e. The van der Waals surface area contributed by atoms with Crippen LogP contribution < -0.4 is 15.9 Å². The molecule has 0 aliphatic carbocycles. The van der Waals surface area contributed by atoms with E-state index >= 15 is 4.57 Å². The summed E-state index contributed by atoms with van der Waals surface area (Å²) in [5.74, 6) is 0. The highest BCUT2D eigenvalue weighted by Crippen LogP contribution is 2.55. The fraction of sp³-hybridized carbons (Fsp3) is 0. The normalized spacial score (nSPS) is 14.5. The molecule has 0 bridgehead atoms. The van der Waals surface area contributed by atoms with Crippen LogP contribution in [0.3, 0.4) is 0 Å². The lowest BCUT2D eigenvalue weighted by molar-refractivity contribution is 0.593. The van der Waals surface area contributed by atoms with Crippen LogP contribution in [0, 0.1) is 0 Å². The van der Waals surface area contributed by atoms with Crippen LogP contribution in [0.25, 0.3) is 83.4 Å². The van der Waals surface area contributed by atoms with Crippen LogP contribution in [-0.4, -0.2) is 9.55 Å². The van der Waals surface area contributed by atoms with Gasteiger partial charge in [-0.05, 0) is 51.6 Å². The Kier molecular flexibility index (Phi) is 7.77. The Morgan fingerprint density at radius 2 is 0.895 bits per heavy atom. The van der Waals surface area contributed by atoms with E-state index in [2.05, 4.69) is 168 Å². The van der Waals surface area contributed by atoms with E-state index in [1.807, 2.05) is 48.5 Å². The zero-order chi connectivity index (χ0) is 37.9. The average molecular weight is 747 g/mol. The van der Waals surface area contributed by atoms with Crippen LogP contribution in [0.4, 0.5) is 0 Å². The first-order chi connectivity index (χ1) is 28.1. The summed E-state index contributed by atoms with van der Waals surface area (Å²) in [6.07, 6.45) is 0. The number of pyridine rings is 1. The van der Waals surface area contributed by atoms with Crippen molar-refractivity contribution in [2.75, 3.05) is 0 Å². The second kappa shape index (κ2) is 13.3. The van der Waals surface area contributed by atoms with Crippen molar-refractivity contribution >= 4 is 44.9 Å². The molecule has 10 aromatic rings. The quantitative estimate of drug-likeness (QED) is 0.159. The molecule has 2 aromatic heterocycles. The maximum atomic E-state index is 16.2. The van der Waals surface area contributed by atoms with Crippen LogP contribution in [0.5, 0.6) is 0 Å². The van der Waals surface area contributed by atoms with E-state index in [1.54, 1.807) is 0 Å². The number of hydrogen-bond acceptors (Lipinski definition) is 2. The van der Waals surface area contributed by atoms with Crippen molar-refractivity contribution in [3.05, 3.63) is 212 Å². The van der Waals surface area contributed by atoms with Crippen molar-refractivity contribution in [2.24, 2.45) is 0 Å². The minimum absolute atomic E-state index is 0.841. The third-order valence-corrected chi connectivity index (χ3v) is 14.6. The molecular weight excluding hydrogens is 712 g/mol. The van der Waals surface area contributed by atoms with Crippen LogP contribution in [0.1, 0.15) is 0 Å². The van der Waals surface area contributed by atoms with Gasteiger partial charge in [0.2, 0.25) is 0 Å². The molecule has 11 rings (SSSR count). The van der Waals surface area contributed by atoms with Gasteiger partial charge < -0.3 is 9.13 Å². The molecule has 3 heterocycles. The van der Waals surface area contributed by atoms with E-state index in [-0.39, 0.29) is 0 Å². The van der Waals surface area contributed by atoms with Crippen molar-refractivity contribution < 1.29 is 4.57 Å². The van der Waals surface area contributed by atoms with Crippen LogP contribution in [0.15, 0.2) is 212 Å². The van der Waals surface area contributed by atoms with Crippen molar-refractivity contribution in [3.63, 3.8) is 0 Å². The predicted molar refractivity (Wildman–Crippen MR) is 239 cm³/mol. The van der Waals surface area contributed by atoms with E-state index in [9.17, 15) is 0 Å². The Labute approximate surface area is 331 Å². The second-order valence-corrected chi connectivity index (χ2v) is 17.3. The molecule has 1 atom stereocenters. The van der Waals surface area contributed by atoms with E-state index in [0.29, 0.717) is 0 Å². The number of hydrogen-bond donors (Lipinski definition) is 0. The summed E-state index contributed by atoms with van der Waals surface area (Å²) in [6, 6.07) is 73.9. The van der Waals surface area contributed by atoms with E-state index in [1.165, 1.54) is 11.1 Å². The van der Waals surface area contributed by atoms with E-state index in [4.69, 9.17) is 4.98 Å². The van der Waals surface area contributed by atoms with Crippen molar-refractivity contribution in [1.29, 1.82) is 0 Å². The summed E-state index contributed by atoms with van der Waals surface area (Å²) in [6.45, 7) is 0. The number of fused-ring (bicyclic) bond motifs is 7. The lowest BCUT2D eigenvalue weighted by Gasteiger charge is -2.19. The van der Waals surface area contributed by atoms with Gasteiger partial charge in [0.05, 0.1) is 33.4 Å². The van der Waals surface area contributed by atoms with Gasteiger partial charge in [-0.2, -0.15) is 0 Å². The van der Waals surface area contributed by atoms with Crippen LogP contribution in [0.2, 0.25) is 0 Å². The SMILES string of the molecule is O=P1(c2ccccc2)c2ccccc2-c2ccc3c4ccccc4n(-c4cc(-c5ccc(-c6ccccc6)cc5)nc(-c5ccc(-c6ccccc6)cc5)c4)c3c21. The van der Waals surface area contributed by atoms with Crippen LogP contribution in [-0.2, 0) is 4.57 Å². The third kappa shape index (κ3) is 5.35. The van der Waals surface area contributed by atoms with Gasteiger partial charge in [-0.1, -0.05) is 194 Å². The molecule has 1 aliphatic rings. The Morgan fingerprint density at radius 3 is 1.51 bits per heavy atom. The van der Waals surface area contributed by atoms with Gasteiger partial charge >= 0.3 is 0 Å². The Balaban J connectivity index is 1.19. The highest BCUT2D eigenvalue weighted by Gasteiger charge is 2.42. The van der Waals surface area contributed by atoms with Crippen molar-refractivity contribution in [2.45, 2.75) is 0 Å². The lowest BCUT2D eigenvalue weighted by atomic mass is 10.0. The second-order valence-electron chi connectivity index (χ2n) is 14.7. The summed E-state index contributed by atoms with van der Waals surface area (Å²) in [5.41, 5.74) is 13.5. The molecule has 0 saturated carbocycles. The van der Waals surface area contributed by atoms with Gasteiger partial charge in [-0.3, -0.25) is 0 Å². The summed E-state index contributed by atoms with van der Waals surface area (Å²) >= 11 is 0. The zero-order valence-electron chi connectivity index (χ0n) is 31.0. The molecule has 1 unspecified atom stereocenters. The third-order valence-electron chi connectivity index (χ3n) is 11.4. The molecule has 3 nitrogen and oxygen atoms in total. The fourth-order valence-electron chi connectivity index (χ4n) is 8.72. The maximum absolute atomic E-state index is 16.2. The zero-order valence-corrected chi connectivity index (χ0v) is 31.9. The van der Waals surface area contributed by atoms with Gasteiger partial charge in [0.15, 0.2) is 7.14 Å². The Morgan fingerprint density at radius 1 is 0.404 bits per heavy atom. The Hall–Kier alpha value is -7.06. The highest BCUT2D eigenvalue weighted by atomic mass is 31.2. The fourth-order valence-corrected chi connectivity index (χ4v) is 12.0. The lowest BCUT2D eigenvalue weighted by Crippen LogP contribution is -2.22. The first-order valence-electron chi connectivity index (χ1n) is 19.3. The molecule has 0 fully saturated rings. The van der Waals surface area contributed by atoms with Gasteiger partial charge in [0.25, 0.3) is 0 Å². The topological polar surface area (TPSA) is 34.9 Å². The molecule has 57 heavy (non-hydrogen) atoms. The molecule has 8 aromatic carbocycles. The van der Waals surface area contributed by atoms with Gasteiger partial charge in [0.1, 0.15) is 0 Å². The van der Waals surface area contributed by atoms with Crippen LogP contribution >= 0.6 is 7.14 Å². The molecule has 268 valence electrons. The molecule has 0 spiro atoms. The molecule has 4 heteroatoms. The molecule has 1 aliphatic heterocycles. The van der Waals surface area contributed by atoms with Crippen molar-refractivity contribution in [1.82, 2.24) is 9.55 Å². The summed E-state index contributed by atoms with van der Waals surface area (Å²) in [4.78, 5) is 5.36. The summed E-state index contributed by atoms with van der Waals surface area (Å²) in [5, 5.41) is 4.82. The number of nitrogens with zero attached hydrogens (tertiary/aromatic N) is 2. The van der Waals surface area contributed by atoms with E-state index in [0.717, 1.165) is 88.2 Å². The molecular formula is C53H35N2OP. The molecule has 0 saturated heterocycles. The number of rotatable bonds is 6. The molecule has 0 radical (unpaired) electrons. The summed E-state index contributed by atoms with van der Waals surface area (Å²) < 4.78 is 18.5. The first kappa shape index (κ1) is 33.3. The molecule has 0 N–H and O–H groups in total. The number of aromatic nitrogens is 2. The average Bonchev–Trinajstić information content (AvgIpc) is 3.77.